The van der Waals surface area contributed by atoms with Crippen LogP contribution in [0.2, 0.25) is 0 Å². The van der Waals surface area contributed by atoms with Gasteiger partial charge in [-0.3, -0.25) is 4.90 Å². The minimum Gasteiger partial charge on any atom is -0.298 e. The zero-order valence-corrected chi connectivity index (χ0v) is 13.5. The highest BCUT2D eigenvalue weighted by atomic mass is 32.2. The summed E-state index contributed by atoms with van der Waals surface area (Å²) in [6.07, 6.45) is 5.24. The van der Waals surface area contributed by atoms with E-state index in [0.29, 0.717) is 23.3 Å². The van der Waals surface area contributed by atoms with Gasteiger partial charge >= 0.3 is 0 Å². The van der Waals surface area contributed by atoms with E-state index < -0.39 is 10.0 Å². The highest BCUT2D eigenvalue weighted by molar-refractivity contribution is 7.91. The minimum atomic E-state index is -3.26. The van der Waals surface area contributed by atoms with Crippen molar-refractivity contribution in [3.05, 3.63) is 17.0 Å². The molecule has 2 aliphatic rings. The van der Waals surface area contributed by atoms with E-state index >= 15 is 0 Å². The maximum atomic E-state index is 12.5. The predicted octanol–water partition coefficient (Wildman–Crippen LogP) is 2.31. The Morgan fingerprint density at radius 2 is 1.75 bits per heavy atom. The second-order valence-electron chi connectivity index (χ2n) is 5.74. The third kappa shape index (κ3) is 2.79. The maximum Gasteiger partial charge on any atom is 0.252 e. The van der Waals surface area contributed by atoms with Gasteiger partial charge in [0.25, 0.3) is 10.0 Å². The Morgan fingerprint density at radius 3 is 2.30 bits per heavy atom. The summed E-state index contributed by atoms with van der Waals surface area (Å²) in [5.74, 6) is 0. The van der Waals surface area contributed by atoms with Gasteiger partial charge in [0, 0.05) is 37.1 Å². The largest absolute Gasteiger partial charge is 0.298 e. The van der Waals surface area contributed by atoms with Gasteiger partial charge in [-0.05, 0) is 31.9 Å². The van der Waals surface area contributed by atoms with Gasteiger partial charge in [-0.25, -0.2) is 8.42 Å². The smallest absolute Gasteiger partial charge is 0.252 e. The number of hydrogen-bond donors (Lipinski definition) is 0. The van der Waals surface area contributed by atoms with E-state index in [1.165, 1.54) is 37.0 Å². The summed E-state index contributed by atoms with van der Waals surface area (Å²) in [7, 11) is -3.26. The maximum absolute atomic E-state index is 12.5. The van der Waals surface area contributed by atoms with E-state index in [1.807, 2.05) is 13.0 Å². The fraction of sp³-hybridized carbons (Fsp3) is 0.714. The molecule has 2 heterocycles. The molecule has 4 nitrogen and oxygen atoms in total. The predicted molar refractivity (Wildman–Crippen MR) is 81.6 cm³/mol. The zero-order chi connectivity index (χ0) is 14.2. The molecule has 0 bridgehead atoms. The number of aryl methyl sites for hydroxylation is 1. The van der Waals surface area contributed by atoms with Crippen molar-refractivity contribution >= 4 is 21.4 Å². The van der Waals surface area contributed by atoms with E-state index in [2.05, 4.69) is 4.90 Å². The van der Waals surface area contributed by atoms with Crippen LogP contribution in [0.5, 0.6) is 0 Å². The Hall–Kier alpha value is -0.430. The Labute approximate surface area is 125 Å². The third-order valence-electron chi connectivity index (χ3n) is 4.42. The Bertz CT molecular complexity index is 553. The quantitative estimate of drug-likeness (QED) is 0.859. The van der Waals surface area contributed by atoms with Crippen LogP contribution in [0.25, 0.3) is 0 Å². The van der Waals surface area contributed by atoms with Gasteiger partial charge in [-0.1, -0.05) is 12.8 Å². The number of sulfonamides is 1. The molecule has 1 saturated heterocycles. The highest BCUT2D eigenvalue weighted by Crippen LogP contribution is 2.28. The molecule has 0 N–H and O–H groups in total. The molecule has 0 spiro atoms. The monoisotopic (exact) mass is 314 g/mol. The SMILES string of the molecule is Cc1ccc(S(=O)(=O)N2CCN(C3CCCC3)CC2)s1. The van der Waals surface area contributed by atoms with Crippen LogP contribution in [0, 0.1) is 6.92 Å². The fourth-order valence-corrected chi connectivity index (χ4v) is 6.12. The Kier molecular flexibility index (Phi) is 4.17. The first kappa shape index (κ1) is 14.5. The summed E-state index contributed by atoms with van der Waals surface area (Å²) >= 11 is 1.37. The molecular weight excluding hydrogens is 292 g/mol. The molecule has 1 aliphatic heterocycles. The molecule has 1 aliphatic carbocycles. The van der Waals surface area contributed by atoms with Crippen molar-refractivity contribution < 1.29 is 8.42 Å². The molecule has 6 heteroatoms. The summed E-state index contributed by atoms with van der Waals surface area (Å²) < 4.78 is 27.2. The number of thiophene rings is 1. The molecule has 20 heavy (non-hydrogen) atoms. The lowest BCUT2D eigenvalue weighted by Gasteiger charge is -2.37. The molecule has 0 unspecified atom stereocenters. The average Bonchev–Trinajstić information content (AvgIpc) is 3.10. The molecule has 1 aromatic heterocycles. The van der Waals surface area contributed by atoms with E-state index in [9.17, 15) is 8.42 Å². The lowest BCUT2D eigenvalue weighted by atomic mass is 10.2. The summed E-state index contributed by atoms with van der Waals surface area (Å²) in [4.78, 5) is 3.53. The van der Waals surface area contributed by atoms with Crippen LogP contribution in [-0.2, 0) is 10.0 Å². The van der Waals surface area contributed by atoms with Crippen LogP contribution in [-0.4, -0.2) is 49.8 Å². The first-order valence-corrected chi connectivity index (χ1v) is 9.64. The van der Waals surface area contributed by atoms with Crippen molar-refractivity contribution in [3.8, 4) is 0 Å². The summed E-state index contributed by atoms with van der Waals surface area (Å²) in [6.45, 7) is 4.98. The van der Waals surface area contributed by atoms with Crippen molar-refractivity contribution in [2.45, 2.75) is 42.9 Å². The average molecular weight is 314 g/mol. The standard InChI is InChI=1S/C14H22N2O2S2/c1-12-6-7-14(19-12)20(17,18)16-10-8-15(9-11-16)13-4-2-3-5-13/h6-7,13H,2-5,8-11H2,1H3. The Balaban J connectivity index is 1.65. The van der Waals surface area contributed by atoms with Gasteiger partial charge in [-0.2, -0.15) is 4.31 Å². The molecule has 112 valence electrons. The van der Waals surface area contributed by atoms with Crippen molar-refractivity contribution in [1.82, 2.24) is 9.21 Å². The molecule has 0 radical (unpaired) electrons. The van der Waals surface area contributed by atoms with Gasteiger partial charge in [0.1, 0.15) is 4.21 Å². The van der Waals surface area contributed by atoms with Crippen molar-refractivity contribution in [1.29, 1.82) is 0 Å². The van der Waals surface area contributed by atoms with E-state index in [1.54, 1.807) is 10.4 Å². The highest BCUT2D eigenvalue weighted by Gasteiger charge is 2.32. The summed E-state index contributed by atoms with van der Waals surface area (Å²) in [6, 6.07) is 4.31. The lowest BCUT2D eigenvalue weighted by molar-refractivity contribution is 0.139. The number of piperazine rings is 1. The molecule has 0 aromatic carbocycles. The second-order valence-corrected chi connectivity index (χ2v) is 9.20. The van der Waals surface area contributed by atoms with Gasteiger partial charge in [0.2, 0.25) is 0 Å². The van der Waals surface area contributed by atoms with Gasteiger partial charge in [0.05, 0.1) is 0 Å². The van der Waals surface area contributed by atoms with E-state index in [4.69, 9.17) is 0 Å². The second kappa shape index (κ2) is 5.75. The van der Waals surface area contributed by atoms with Gasteiger partial charge in [-0.15, -0.1) is 11.3 Å². The molecule has 1 aromatic rings. The number of nitrogens with zero attached hydrogens (tertiary/aromatic N) is 2. The number of hydrogen-bond acceptors (Lipinski definition) is 4. The summed E-state index contributed by atoms with van der Waals surface area (Å²) in [5.41, 5.74) is 0. The van der Waals surface area contributed by atoms with Crippen LogP contribution in [0.4, 0.5) is 0 Å². The van der Waals surface area contributed by atoms with Crippen LogP contribution in [0.1, 0.15) is 30.6 Å². The molecular formula is C14H22N2O2S2. The molecule has 2 fully saturated rings. The fourth-order valence-electron chi connectivity index (χ4n) is 3.26. The first-order valence-electron chi connectivity index (χ1n) is 7.38. The topological polar surface area (TPSA) is 40.6 Å². The van der Waals surface area contributed by atoms with Gasteiger partial charge < -0.3 is 0 Å². The number of rotatable bonds is 3. The minimum absolute atomic E-state index is 0.490. The Morgan fingerprint density at radius 1 is 1.10 bits per heavy atom. The van der Waals surface area contributed by atoms with Crippen LogP contribution < -0.4 is 0 Å². The molecule has 3 rings (SSSR count). The molecule has 0 amide bonds. The van der Waals surface area contributed by atoms with Crippen LogP contribution in [0.3, 0.4) is 0 Å². The zero-order valence-electron chi connectivity index (χ0n) is 11.9. The first-order chi connectivity index (χ1) is 9.57. The van der Waals surface area contributed by atoms with E-state index in [0.717, 1.165) is 18.0 Å². The van der Waals surface area contributed by atoms with Crippen molar-refractivity contribution in [2.24, 2.45) is 0 Å². The normalized spacial score (nSPS) is 23.4. The van der Waals surface area contributed by atoms with Crippen molar-refractivity contribution in [3.63, 3.8) is 0 Å². The summed E-state index contributed by atoms with van der Waals surface area (Å²) in [5, 5.41) is 0. The lowest BCUT2D eigenvalue weighted by Crippen LogP contribution is -2.51. The third-order valence-corrected chi connectivity index (χ3v) is 7.79. The molecule has 1 saturated carbocycles. The van der Waals surface area contributed by atoms with E-state index in [-0.39, 0.29) is 0 Å². The van der Waals surface area contributed by atoms with Crippen molar-refractivity contribution in [2.75, 3.05) is 26.2 Å². The van der Waals surface area contributed by atoms with Gasteiger partial charge in [0.15, 0.2) is 0 Å². The molecule has 0 atom stereocenters. The van der Waals surface area contributed by atoms with Crippen LogP contribution in [0.15, 0.2) is 16.3 Å². The van der Waals surface area contributed by atoms with Crippen LogP contribution >= 0.6 is 11.3 Å².